The molecule has 0 spiro atoms. The van der Waals surface area contributed by atoms with Crippen LogP contribution in [0.1, 0.15) is 31.2 Å². The summed E-state index contributed by atoms with van der Waals surface area (Å²) in [6.07, 6.45) is 1.65. The van der Waals surface area contributed by atoms with Crippen LogP contribution < -0.4 is 19.6 Å². The van der Waals surface area contributed by atoms with E-state index < -0.39 is 12.0 Å². The highest BCUT2D eigenvalue weighted by molar-refractivity contribution is 9.10. The Morgan fingerprint density at radius 2 is 2.03 bits per heavy atom. The van der Waals surface area contributed by atoms with Gasteiger partial charge in [-0.25, -0.2) is 9.79 Å². The van der Waals surface area contributed by atoms with Gasteiger partial charge in [0.15, 0.2) is 4.80 Å². The van der Waals surface area contributed by atoms with Crippen molar-refractivity contribution in [3.8, 4) is 17.1 Å². The smallest absolute Gasteiger partial charge is 0.338 e. The van der Waals surface area contributed by atoms with Gasteiger partial charge in [-0.05, 0) is 71.7 Å². The monoisotopic (exact) mass is 646 g/mol. The number of ether oxygens (including phenoxy) is 2. The van der Waals surface area contributed by atoms with Gasteiger partial charge in [-0.3, -0.25) is 9.36 Å². The zero-order valence-electron chi connectivity index (χ0n) is 21.0. The maximum Gasteiger partial charge on any atom is 0.338 e. The highest BCUT2D eigenvalue weighted by Crippen LogP contribution is 2.36. The first-order valence-electron chi connectivity index (χ1n) is 11.8. The van der Waals surface area contributed by atoms with Crippen LogP contribution in [-0.2, 0) is 9.53 Å². The second-order valence-electron chi connectivity index (χ2n) is 8.50. The zero-order chi connectivity index (χ0) is 27.8. The molecule has 1 atom stereocenters. The Labute approximate surface area is 245 Å². The minimum absolute atomic E-state index is 0.191. The summed E-state index contributed by atoms with van der Waals surface area (Å²) in [4.78, 5) is 31.9. The van der Waals surface area contributed by atoms with E-state index in [0.29, 0.717) is 63.5 Å². The Morgan fingerprint density at radius 1 is 1.23 bits per heavy atom. The van der Waals surface area contributed by atoms with Crippen LogP contribution in [0.15, 0.2) is 78.5 Å². The molecule has 2 aromatic carbocycles. The van der Waals surface area contributed by atoms with Crippen LogP contribution in [0.2, 0.25) is 10.0 Å². The number of halogens is 3. The topological polar surface area (TPSA) is 83.0 Å². The van der Waals surface area contributed by atoms with Crippen molar-refractivity contribution in [1.82, 2.24) is 4.57 Å². The molecule has 0 aliphatic carbocycles. The van der Waals surface area contributed by atoms with Crippen molar-refractivity contribution in [2.45, 2.75) is 19.9 Å². The normalized spacial score (nSPS) is 15.2. The maximum absolute atomic E-state index is 13.8. The maximum atomic E-state index is 13.8. The lowest BCUT2D eigenvalue weighted by atomic mass is 9.96. The number of carbonyl (C=O) groups excluding carboxylic acids is 1. The van der Waals surface area contributed by atoms with Crippen molar-refractivity contribution in [2.24, 2.45) is 4.99 Å². The lowest BCUT2D eigenvalue weighted by Crippen LogP contribution is -2.39. The molecule has 3 heterocycles. The van der Waals surface area contributed by atoms with Crippen molar-refractivity contribution >= 4 is 62.5 Å². The van der Waals surface area contributed by atoms with Crippen molar-refractivity contribution in [3.63, 3.8) is 0 Å². The lowest BCUT2D eigenvalue weighted by Gasteiger charge is -2.25. The minimum Gasteiger partial charge on any atom is -0.496 e. The first-order valence-corrected chi connectivity index (χ1v) is 14.2. The Balaban J connectivity index is 1.65. The minimum atomic E-state index is -0.748. The number of fused-ring (bicyclic) bond motifs is 1. The number of allylic oxidation sites excluding steroid dienone is 1. The van der Waals surface area contributed by atoms with Gasteiger partial charge in [0, 0.05) is 11.6 Å². The first-order chi connectivity index (χ1) is 18.7. The standard InChI is InChI=1S/C28H21BrCl2N2O5S/c1-4-37-27(35)23-14(2)32-28-33(25(23)15-8-10-21(36-3)18(29)12-15)26(34)22(39-28)13-16-9-11-20(38-16)17-6-5-7-19(30)24(17)31/h5-13,25H,4H2,1-3H3/b22-13+/t25-/m1/s1. The average molecular weight is 648 g/mol. The van der Waals surface area contributed by atoms with Crippen molar-refractivity contribution in [2.75, 3.05) is 13.7 Å². The molecule has 4 aromatic rings. The molecule has 39 heavy (non-hydrogen) atoms. The molecule has 0 fully saturated rings. The van der Waals surface area contributed by atoms with Crippen LogP contribution in [0.3, 0.4) is 0 Å². The van der Waals surface area contributed by atoms with Crippen LogP contribution in [0.5, 0.6) is 5.75 Å². The van der Waals surface area contributed by atoms with Gasteiger partial charge in [0.2, 0.25) is 0 Å². The summed E-state index contributed by atoms with van der Waals surface area (Å²) >= 11 is 17.2. The first kappa shape index (κ1) is 27.5. The number of nitrogens with zero attached hydrogens (tertiary/aromatic N) is 2. The Morgan fingerprint density at radius 3 is 2.74 bits per heavy atom. The third-order valence-corrected chi connectivity index (χ3v) is 8.55. The molecule has 0 saturated carbocycles. The van der Waals surface area contributed by atoms with Crippen LogP contribution in [0.4, 0.5) is 0 Å². The fraction of sp³-hybridized carbons (Fsp3) is 0.179. The second-order valence-corrected chi connectivity index (χ2v) is 11.1. The molecule has 0 bridgehead atoms. The number of thiazole rings is 1. The van der Waals surface area contributed by atoms with Gasteiger partial charge in [0.1, 0.15) is 17.3 Å². The molecule has 0 unspecified atom stereocenters. The summed E-state index contributed by atoms with van der Waals surface area (Å²) in [7, 11) is 1.57. The number of hydrogen-bond donors (Lipinski definition) is 0. The summed E-state index contributed by atoms with van der Waals surface area (Å²) in [5.41, 5.74) is 1.80. The van der Waals surface area contributed by atoms with Gasteiger partial charge in [0.05, 0.1) is 50.1 Å². The van der Waals surface area contributed by atoms with Crippen LogP contribution >= 0.6 is 50.5 Å². The van der Waals surface area contributed by atoms with E-state index in [1.807, 2.05) is 12.1 Å². The predicted octanol–water partition coefficient (Wildman–Crippen LogP) is 6.14. The quantitative estimate of drug-likeness (QED) is 0.235. The van der Waals surface area contributed by atoms with Crippen LogP contribution in [0.25, 0.3) is 17.4 Å². The molecule has 0 radical (unpaired) electrons. The number of furan rings is 1. The number of esters is 1. The number of benzene rings is 2. The average Bonchev–Trinajstić information content (AvgIpc) is 3.49. The molecule has 0 amide bonds. The van der Waals surface area contributed by atoms with E-state index in [9.17, 15) is 9.59 Å². The fourth-order valence-corrected chi connectivity index (χ4v) is 6.34. The molecule has 1 aliphatic heterocycles. The predicted molar refractivity (Wildman–Crippen MR) is 155 cm³/mol. The van der Waals surface area contributed by atoms with Crippen LogP contribution in [-0.4, -0.2) is 24.3 Å². The van der Waals surface area contributed by atoms with E-state index in [4.69, 9.17) is 37.1 Å². The Hall–Kier alpha value is -3.11. The summed E-state index contributed by atoms with van der Waals surface area (Å²) in [5.74, 6) is 1.07. The number of methoxy groups -OCH3 is 1. The number of carbonyl (C=O) groups is 1. The van der Waals surface area contributed by atoms with E-state index >= 15 is 0 Å². The highest BCUT2D eigenvalue weighted by atomic mass is 79.9. The van der Waals surface area contributed by atoms with Gasteiger partial charge < -0.3 is 13.9 Å². The van der Waals surface area contributed by atoms with Crippen molar-refractivity contribution in [1.29, 1.82) is 0 Å². The van der Waals surface area contributed by atoms with Gasteiger partial charge in [-0.2, -0.15) is 0 Å². The van der Waals surface area contributed by atoms with Gasteiger partial charge in [0.25, 0.3) is 5.56 Å². The molecule has 2 aromatic heterocycles. The van der Waals surface area contributed by atoms with E-state index in [1.54, 1.807) is 63.4 Å². The van der Waals surface area contributed by atoms with Gasteiger partial charge in [-0.15, -0.1) is 0 Å². The molecule has 0 N–H and O–H groups in total. The van der Waals surface area contributed by atoms with Crippen molar-refractivity contribution < 1.29 is 18.7 Å². The summed E-state index contributed by atoms with van der Waals surface area (Å²) in [6, 6.07) is 13.5. The third kappa shape index (κ3) is 5.12. The lowest BCUT2D eigenvalue weighted by molar-refractivity contribution is -0.139. The fourth-order valence-electron chi connectivity index (χ4n) is 4.36. The summed E-state index contributed by atoms with van der Waals surface area (Å²) < 4.78 is 19.3. The Bertz CT molecular complexity index is 1820. The van der Waals surface area contributed by atoms with E-state index in [0.717, 1.165) is 0 Å². The number of hydrogen-bond acceptors (Lipinski definition) is 7. The van der Waals surface area contributed by atoms with Gasteiger partial charge >= 0.3 is 5.97 Å². The molecule has 5 rings (SSSR count). The molecule has 0 saturated heterocycles. The van der Waals surface area contributed by atoms with E-state index in [2.05, 4.69) is 20.9 Å². The Kier molecular flexibility index (Phi) is 7.87. The molecule has 11 heteroatoms. The molecular formula is C28H21BrCl2N2O5S. The molecule has 200 valence electrons. The second kappa shape index (κ2) is 11.2. The SMILES string of the molecule is CCOC(=O)C1=C(C)N=c2s/c(=C/c3ccc(-c4cccc(Cl)c4Cl)o3)c(=O)n2[C@@H]1c1ccc(OC)c(Br)c1. The number of aromatic nitrogens is 1. The van der Waals surface area contributed by atoms with E-state index in [1.165, 1.54) is 15.9 Å². The van der Waals surface area contributed by atoms with Crippen molar-refractivity contribution in [3.05, 3.63) is 105 Å². The number of rotatable bonds is 6. The third-order valence-electron chi connectivity index (χ3n) is 6.13. The molecule has 1 aliphatic rings. The molecule has 7 nitrogen and oxygen atoms in total. The molecular weight excluding hydrogens is 627 g/mol. The van der Waals surface area contributed by atoms with E-state index in [-0.39, 0.29) is 12.2 Å². The highest BCUT2D eigenvalue weighted by Gasteiger charge is 2.33. The van der Waals surface area contributed by atoms with Gasteiger partial charge in [-0.1, -0.05) is 46.7 Å². The summed E-state index contributed by atoms with van der Waals surface area (Å²) in [5, 5.41) is 0.797. The largest absolute Gasteiger partial charge is 0.496 e. The summed E-state index contributed by atoms with van der Waals surface area (Å²) in [6.45, 7) is 3.66. The van der Waals surface area contributed by atoms with Crippen LogP contribution in [0, 0.1) is 0 Å². The zero-order valence-corrected chi connectivity index (χ0v) is 24.9.